The summed E-state index contributed by atoms with van der Waals surface area (Å²) in [5.74, 6) is 0. The molecule has 0 radical (unpaired) electrons. The Morgan fingerprint density at radius 3 is 1.44 bits per heavy atom. The van der Waals surface area contributed by atoms with Crippen LogP contribution < -0.4 is 21.2 Å². The molecule has 0 N–H and O–H groups in total. The Labute approximate surface area is 287 Å². The summed E-state index contributed by atoms with van der Waals surface area (Å²) in [4.78, 5) is 0. The van der Waals surface area contributed by atoms with E-state index in [0.717, 1.165) is 21.9 Å². The molecule has 2 heterocycles. The first kappa shape index (κ1) is 26.6. The van der Waals surface area contributed by atoms with E-state index in [1.165, 1.54) is 80.0 Å². The number of hydrogen-bond acceptors (Lipinski definition) is 1. The predicted octanol–water partition coefficient (Wildman–Crippen LogP) is 9.64. The third kappa shape index (κ3) is 3.67. The van der Waals surface area contributed by atoms with Crippen LogP contribution in [-0.2, 0) is 0 Å². The number of rotatable bonds is 2. The van der Waals surface area contributed by atoms with Gasteiger partial charge in [0.25, 0.3) is 0 Å². The number of fused-ring (bicyclic) bond motifs is 13. The third-order valence-corrected chi connectivity index (χ3v) is 13.3. The van der Waals surface area contributed by atoms with Crippen molar-refractivity contribution in [2.45, 2.75) is 0 Å². The van der Waals surface area contributed by atoms with Gasteiger partial charge in [-0.1, -0.05) is 12.1 Å². The summed E-state index contributed by atoms with van der Waals surface area (Å²) in [5.41, 5.74) is 9.81. The molecule has 1 aliphatic rings. The molecule has 0 bridgehead atoms. The molecule has 48 heavy (non-hydrogen) atoms. The van der Waals surface area contributed by atoms with Crippen molar-refractivity contribution in [3.05, 3.63) is 165 Å². The fraction of sp³-hybridized carbons (Fsp3) is 0. The Bertz CT molecular complexity index is 2930. The number of halogens is 1. The van der Waals surface area contributed by atoms with Crippen LogP contribution in [0.25, 0.3) is 98.4 Å². The van der Waals surface area contributed by atoms with Crippen molar-refractivity contribution in [2.75, 3.05) is 0 Å². The zero-order chi connectivity index (χ0) is 31.3. The SMILES string of the molecule is c1ccc2c(c1)oc1ccc(-c3c4ccccc4c(-c4ccc5c(c4)[I-]c4c-5c5ccccc5c5ccccc45)c4ccccc34)cc12. The first-order valence-electron chi connectivity index (χ1n) is 16.4. The Kier molecular flexibility index (Phi) is 5.56. The number of furan rings is 1. The molecule has 0 fully saturated rings. The molecular weight excluding hydrogens is 695 g/mol. The van der Waals surface area contributed by atoms with E-state index in [2.05, 4.69) is 152 Å². The second-order valence-electron chi connectivity index (χ2n) is 12.7. The second kappa shape index (κ2) is 10.0. The van der Waals surface area contributed by atoms with E-state index in [-0.39, 0.29) is 21.2 Å². The van der Waals surface area contributed by atoms with Crippen molar-refractivity contribution in [1.29, 1.82) is 0 Å². The van der Waals surface area contributed by atoms with Crippen LogP contribution in [0.5, 0.6) is 0 Å². The fourth-order valence-corrected chi connectivity index (χ4v) is 11.6. The summed E-state index contributed by atoms with van der Waals surface area (Å²) in [6, 6.07) is 58.2. The minimum absolute atomic E-state index is 0.351. The van der Waals surface area contributed by atoms with Gasteiger partial charge in [-0.3, -0.25) is 0 Å². The standard InChI is InChI=1S/C46H26IO/c1-3-14-32-29(11-1)30-12-2-8-19-37(30)46-45(32)38-23-21-28(26-40(38)47-46)44-35-17-6-4-15-33(35)43(34-16-5-7-18-36(34)44)27-22-24-42-39(25-27)31-13-9-10-20-41(31)48-42/h1-26H/q-1. The van der Waals surface area contributed by atoms with E-state index in [0.29, 0.717) is 0 Å². The van der Waals surface area contributed by atoms with Crippen molar-refractivity contribution >= 4 is 65.0 Å². The van der Waals surface area contributed by atoms with Crippen molar-refractivity contribution in [3.63, 3.8) is 0 Å². The van der Waals surface area contributed by atoms with Crippen LogP contribution >= 0.6 is 0 Å². The van der Waals surface area contributed by atoms with Gasteiger partial charge in [0.05, 0.1) is 0 Å². The number of benzene rings is 9. The van der Waals surface area contributed by atoms with E-state index >= 15 is 0 Å². The van der Waals surface area contributed by atoms with Crippen molar-refractivity contribution in [3.8, 4) is 33.4 Å². The Balaban J connectivity index is 1.16. The molecule has 11 rings (SSSR count). The molecule has 0 spiro atoms. The predicted molar refractivity (Wildman–Crippen MR) is 197 cm³/mol. The third-order valence-electron chi connectivity index (χ3n) is 10.2. The molecule has 1 aliphatic heterocycles. The van der Waals surface area contributed by atoms with Gasteiger partial charge in [-0.2, -0.15) is 0 Å². The summed E-state index contributed by atoms with van der Waals surface area (Å²) in [6.45, 7) is 0. The molecule has 1 nitrogen and oxygen atoms in total. The van der Waals surface area contributed by atoms with E-state index < -0.39 is 0 Å². The van der Waals surface area contributed by atoms with Crippen LogP contribution in [0.4, 0.5) is 0 Å². The van der Waals surface area contributed by atoms with Crippen molar-refractivity contribution in [2.24, 2.45) is 0 Å². The van der Waals surface area contributed by atoms with Gasteiger partial charge >= 0.3 is 271 Å². The minimum atomic E-state index is -0.351. The monoisotopic (exact) mass is 721 g/mol. The van der Waals surface area contributed by atoms with Gasteiger partial charge in [-0.25, -0.2) is 0 Å². The van der Waals surface area contributed by atoms with E-state index in [4.69, 9.17) is 4.42 Å². The Morgan fingerprint density at radius 1 is 0.333 bits per heavy atom. The van der Waals surface area contributed by atoms with Gasteiger partial charge in [-0.15, -0.1) is 0 Å². The van der Waals surface area contributed by atoms with Crippen LogP contribution in [0.15, 0.2) is 162 Å². The van der Waals surface area contributed by atoms with Crippen LogP contribution in [0.3, 0.4) is 0 Å². The molecule has 1 aromatic heterocycles. The second-order valence-corrected chi connectivity index (χ2v) is 15.5. The summed E-state index contributed by atoms with van der Waals surface area (Å²) in [7, 11) is 0. The Hall–Kier alpha value is -5.45. The average molecular weight is 722 g/mol. The molecule has 0 saturated carbocycles. The maximum atomic E-state index is 6.20. The number of para-hydroxylation sites is 1. The molecule has 0 saturated heterocycles. The molecule has 224 valence electrons. The molecule has 10 aromatic rings. The van der Waals surface area contributed by atoms with Crippen molar-refractivity contribution in [1.82, 2.24) is 0 Å². The van der Waals surface area contributed by atoms with Crippen LogP contribution in [0.1, 0.15) is 0 Å². The van der Waals surface area contributed by atoms with E-state index in [9.17, 15) is 0 Å². The first-order valence-corrected chi connectivity index (χ1v) is 18.6. The molecule has 0 aliphatic carbocycles. The number of hydrogen-bond donors (Lipinski definition) is 0. The average Bonchev–Trinajstić information content (AvgIpc) is 3.72. The zero-order valence-corrected chi connectivity index (χ0v) is 28.0. The van der Waals surface area contributed by atoms with E-state index in [1.54, 1.807) is 3.57 Å². The summed E-state index contributed by atoms with van der Waals surface area (Å²) in [6.07, 6.45) is 0. The zero-order valence-electron chi connectivity index (χ0n) is 25.8. The summed E-state index contributed by atoms with van der Waals surface area (Å²) >= 11 is -0.351. The van der Waals surface area contributed by atoms with Gasteiger partial charge in [-0.05, 0) is 6.07 Å². The summed E-state index contributed by atoms with van der Waals surface area (Å²) in [5, 5.41) is 12.9. The van der Waals surface area contributed by atoms with Gasteiger partial charge in [0, 0.05) is 0 Å². The van der Waals surface area contributed by atoms with Crippen LogP contribution in [0.2, 0.25) is 0 Å². The molecule has 2 heteroatoms. The molecule has 9 aromatic carbocycles. The molecule has 0 unspecified atom stereocenters. The Morgan fingerprint density at radius 2 is 0.792 bits per heavy atom. The summed E-state index contributed by atoms with van der Waals surface area (Å²) < 4.78 is 9.27. The normalized spacial score (nSPS) is 12.7. The van der Waals surface area contributed by atoms with E-state index in [1.807, 2.05) is 6.07 Å². The topological polar surface area (TPSA) is 13.1 Å². The van der Waals surface area contributed by atoms with Crippen LogP contribution in [-0.4, -0.2) is 0 Å². The fourth-order valence-electron chi connectivity index (χ4n) is 8.15. The maximum absolute atomic E-state index is 6.20. The van der Waals surface area contributed by atoms with Crippen molar-refractivity contribution < 1.29 is 25.6 Å². The van der Waals surface area contributed by atoms with Gasteiger partial charge < -0.3 is 0 Å². The van der Waals surface area contributed by atoms with Gasteiger partial charge in [0.1, 0.15) is 0 Å². The molecular formula is C46H26IO-. The van der Waals surface area contributed by atoms with Gasteiger partial charge in [0.15, 0.2) is 0 Å². The van der Waals surface area contributed by atoms with Gasteiger partial charge in [0.2, 0.25) is 0 Å². The van der Waals surface area contributed by atoms with Crippen LogP contribution in [0, 0.1) is 7.14 Å². The molecule has 0 atom stereocenters. The molecule has 0 amide bonds. The quantitative estimate of drug-likeness (QED) is 0.0985. The first-order chi connectivity index (χ1) is 23.8.